The molecule has 2 heterocycles. The van der Waals surface area contributed by atoms with Crippen molar-refractivity contribution in [1.82, 2.24) is 25.8 Å². The third kappa shape index (κ3) is 7.31. The van der Waals surface area contributed by atoms with Gasteiger partial charge in [0.05, 0.1) is 13.1 Å². The van der Waals surface area contributed by atoms with E-state index in [2.05, 4.69) is 30.8 Å². The van der Waals surface area contributed by atoms with E-state index in [1.807, 2.05) is 52.0 Å². The molecular formula is C21H29IN6O3. The molecule has 31 heavy (non-hydrogen) atoms. The summed E-state index contributed by atoms with van der Waals surface area (Å²) in [6.45, 7) is 9.90. The van der Waals surface area contributed by atoms with Crippen molar-refractivity contribution in [1.29, 1.82) is 0 Å². The first-order chi connectivity index (χ1) is 14.6. The smallest absolute Gasteiger partial charge is 0.246 e. The lowest BCUT2D eigenvalue weighted by atomic mass is 10.1. The lowest BCUT2D eigenvalue weighted by Crippen LogP contribution is -2.36. The second-order valence-corrected chi connectivity index (χ2v) is 6.70. The number of nitrogens with zero attached hydrogens (tertiary/aromatic N) is 4. The molecule has 0 aliphatic rings. The van der Waals surface area contributed by atoms with Gasteiger partial charge in [0.25, 0.3) is 0 Å². The predicted molar refractivity (Wildman–Crippen MR) is 128 cm³/mol. The maximum Gasteiger partial charge on any atom is 0.246 e. The van der Waals surface area contributed by atoms with E-state index in [-0.39, 0.29) is 30.1 Å². The summed E-state index contributed by atoms with van der Waals surface area (Å²) in [5.41, 5.74) is 2.87. The summed E-state index contributed by atoms with van der Waals surface area (Å²) in [5.74, 6) is 2.20. The number of rotatable bonds is 9. The number of benzene rings is 1. The summed E-state index contributed by atoms with van der Waals surface area (Å²) in [4.78, 5) is 13.4. The van der Waals surface area contributed by atoms with Crippen molar-refractivity contribution in [2.45, 2.75) is 46.9 Å². The van der Waals surface area contributed by atoms with Crippen LogP contribution >= 0.6 is 24.0 Å². The van der Waals surface area contributed by atoms with E-state index in [1.54, 1.807) is 6.26 Å². The standard InChI is InChI=1S/C21H28N6O3.HI/c1-5-22-21(24-12-18-26-19(27-30-18)15(4)28-6-2)23-11-17-13-29-20(25-17)16-9-7-14(3)8-10-16;/h7-10,13,15H,5-6,11-12H2,1-4H3,(H2,22,23,24);1H. The van der Waals surface area contributed by atoms with E-state index in [0.29, 0.717) is 43.3 Å². The molecule has 0 saturated heterocycles. The average molecular weight is 540 g/mol. The van der Waals surface area contributed by atoms with Crippen LogP contribution in [-0.4, -0.2) is 34.2 Å². The number of guanidine groups is 1. The van der Waals surface area contributed by atoms with Crippen molar-refractivity contribution in [3.05, 3.63) is 53.5 Å². The van der Waals surface area contributed by atoms with Crippen LogP contribution < -0.4 is 10.6 Å². The number of halogens is 1. The maximum atomic E-state index is 5.59. The van der Waals surface area contributed by atoms with Crippen molar-refractivity contribution in [3.63, 3.8) is 0 Å². The number of nitrogens with one attached hydrogen (secondary N) is 2. The SMILES string of the molecule is CCNC(=NCc1coc(-c2ccc(C)cc2)n1)NCc1nc(C(C)OCC)no1.I. The quantitative estimate of drug-likeness (QED) is 0.238. The molecule has 0 aliphatic heterocycles. The van der Waals surface area contributed by atoms with E-state index in [0.717, 1.165) is 17.8 Å². The molecule has 2 N–H and O–H groups in total. The Balaban J connectivity index is 0.00000341. The van der Waals surface area contributed by atoms with Gasteiger partial charge in [-0.05, 0) is 39.8 Å². The molecule has 0 spiro atoms. The van der Waals surface area contributed by atoms with Crippen molar-refractivity contribution in [2.75, 3.05) is 13.2 Å². The van der Waals surface area contributed by atoms with Crippen LogP contribution in [0.25, 0.3) is 11.5 Å². The molecule has 0 bridgehead atoms. The van der Waals surface area contributed by atoms with E-state index in [9.17, 15) is 0 Å². The lowest BCUT2D eigenvalue weighted by molar-refractivity contribution is 0.0683. The van der Waals surface area contributed by atoms with Gasteiger partial charge >= 0.3 is 0 Å². The first-order valence-corrected chi connectivity index (χ1v) is 10.1. The Bertz CT molecular complexity index is 954. The lowest BCUT2D eigenvalue weighted by Gasteiger charge is -2.08. The minimum atomic E-state index is -0.204. The number of hydrogen-bond donors (Lipinski definition) is 2. The van der Waals surface area contributed by atoms with Crippen LogP contribution in [0.15, 0.2) is 44.5 Å². The average Bonchev–Trinajstić information content (AvgIpc) is 3.41. The summed E-state index contributed by atoms with van der Waals surface area (Å²) in [7, 11) is 0. The van der Waals surface area contributed by atoms with Crippen molar-refractivity contribution in [2.24, 2.45) is 4.99 Å². The van der Waals surface area contributed by atoms with Crippen LogP contribution in [0.3, 0.4) is 0 Å². The van der Waals surface area contributed by atoms with Gasteiger partial charge < -0.3 is 24.3 Å². The molecule has 0 amide bonds. The van der Waals surface area contributed by atoms with E-state index < -0.39 is 0 Å². The van der Waals surface area contributed by atoms with Crippen LogP contribution in [0.5, 0.6) is 0 Å². The molecule has 0 radical (unpaired) electrons. The van der Waals surface area contributed by atoms with Gasteiger partial charge in [-0.2, -0.15) is 4.98 Å². The van der Waals surface area contributed by atoms with Gasteiger partial charge in [0, 0.05) is 18.7 Å². The second-order valence-electron chi connectivity index (χ2n) is 6.70. The molecular weight excluding hydrogens is 511 g/mol. The maximum absolute atomic E-state index is 5.59. The fourth-order valence-corrected chi connectivity index (χ4v) is 2.70. The molecule has 9 nitrogen and oxygen atoms in total. The van der Waals surface area contributed by atoms with E-state index >= 15 is 0 Å². The Hall–Kier alpha value is -2.47. The monoisotopic (exact) mass is 540 g/mol. The van der Waals surface area contributed by atoms with E-state index in [1.165, 1.54) is 5.56 Å². The highest BCUT2D eigenvalue weighted by molar-refractivity contribution is 14.0. The molecule has 2 aromatic heterocycles. The minimum Gasteiger partial charge on any atom is -0.444 e. The molecule has 3 aromatic rings. The Labute approximate surface area is 199 Å². The minimum absolute atomic E-state index is 0. The Kier molecular flexibility index (Phi) is 9.92. The summed E-state index contributed by atoms with van der Waals surface area (Å²) < 4.78 is 16.3. The van der Waals surface area contributed by atoms with Crippen LogP contribution in [0, 0.1) is 6.92 Å². The second kappa shape index (κ2) is 12.4. The highest BCUT2D eigenvalue weighted by Crippen LogP contribution is 2.19. The van der Waals surface area contributed by atoms with E-state index in [4.69, 9.17) is 13.7 Å². The van der Waals surface area contributed by atoms with Crippen molar-refractivity contribution in [3.8, 4) is 11.5 Å². The molecule has 0 fully saturated rings. The zero-order valence-corrected chi connectivity index (χ0v) is 20.5. The van der Waals surface area contributed by atoms with Gasteiger partial charge in [0.1, 0.15) is 18.1 Å². The van der Waals surface area contributed by atoms with Gasteiger partial charge in [-0.25, -0.2) is 9.98 Å². The number of aliphatic imine (C=N–C) groups is 1. The van der Waals surface area contributed by atoms with Crippen molar-refractivity contribution < 1.29 is 13.7 Å². The third-order valence-corrected chi connectivity index (χ3v) is 4.26. The molecule has 168 valence electrons. The summed E-state index contributed by atoms with van der Waals surface area (Å²) in [5, 5.41) is 10.3. The zero-order valence-electron chi connectivity index (χ0n) is 18.2. The summed E-state index contributed by atoms with van der Waals surface area (Å²) in [6, 6.07) is 8.04. The number of aryl methyl sites for hydroxylation is 1. The molecule has 1 unspecified atom stereocenters. The van der Waals surface area contributed by atoms with Crippen LogP contribution in [0.1, 0.15) is 49.8 Å². The number of oxazole rings is 1. The van der Waals surface area contributed by atoms with Gasteiger partial charge in [0.2, 0.25) is 11.8 Å². The van der Waals surface area contributed by atoms with Crippen molar-refractivity contribution >= 4 is 29.9 Å². The molecule has 10 heteroatoms. The van der Waals surface area contributed by atoms with Crippen LogP contribution in [-0.2, 0) is 17.8 Å². The predicted octanol–water partition coefficient (Wildman–Crippen LogP) is 4.00. The molecule has 1 aromatic carbocycles. The fourth-order valence-electron chi connectivity index (χ4n) is 2.70. The topological polar surface area (TPSA) is 111 Å². The van der Waals surface area contributed by atoms with Crippen LogP contribution in [0.4, 0.5) is 0 Å². The molecule has 3 rings (SSSR count). The summed E-state index contributed by atoms with van der Waals surface area (Å²) >= 11 is 0. The molecule has 1 atom stereocenters. The van der Waals surface area contributed by atoms with Gasteiger partial charge in [0.15, 0.2) is 11.8 Å². The van der Waals surface area contributed by atoms with Gasteiger partial charge in [-0.3, -0.25) is 0 Å². The third-order valence-electron chi connectivity index (χ3n) is 4.26. The number of hydrogen-bond acceptors (Lipinski definition) is 7. The fraction of sp³-hybridized carbons (Fsp3) is 0.429. The Morgan fingerprint density at radius 1 is 1.16 bits per heavy atom. The van der Waals surface area contributed by atoms with Crippen LogP contribution in [0.2, 0.25) is 0 Å². The first-order valence-electron chi connectivity index (χ1n) is 10.1. The Morgan fingerprint density at radius 3 is 2.65 bits per heavy atom. The normalized spacial score (nSPS) is 12.3. The highest BCUT2D eigenvalue weighted by Gasteiger charge is 2.14. The largest absolute Gasteiger partial charge is 0.444 e. The zero-order chi connectivity index (χ0) is 21.3. The number of aromatic nitrogens is 3. The summed E-state index contributed by atoms with van der Waals surface area (Å²) in [6.07, 6.45) is 1.42. The Morgan fingerprint density at radius 2 is 1.94 bits per heavy atom. The molecule has 0 saturated carbocycles. The number of ether oxygens (including phenoxy) is 1. The van der Waals surface area contributed by atoms with Gasteiger partial charge in [-0.1, -0.05) is 22.9 Å². The van der Waals surface area contributed by atoms with Gasteiger partial charge in [-0.15, -0.1) is 24.0 Å². The molecule has 0 aliphatic carbocycles. The first kappa shape index (κ1) is 24.8. The highest BCUT2D eigenvalue weighted by atomic mass is 127.